The summed E-state index contributed by atoms with van der Waals surface area (Å²) in [7, 11) is 0. The van der Waals surface area contributed by atoms with Gasteiger partial charge in [0.05, 0.1) is 23.6 Å². The number of H-pyrrole nitrogens is 1. The molecule has 1 aliphatic heterocycles. The summed E-state index contributed by atoms with van der Waals surface area (Å²) >= 11 is 0. The lowest BCUT2D eigenvalue weighted by Crippen LogP contribution is -2.37. The number of anilines is 1. The summed E-state index contributed by atoms with van der Waals surface area (Å²) in [6.07, 6.45) is 5.24. The number of para-hydroxylation sites is 2. The zero-order valence-electron chi connectivity index (χ0n) is 16.7. The van der Waals surface area contributed by atoms with Crippen molar-refractivity contribution < 1.29 is 9.21 Å². The topological polar surface area (TPSA) is 74.2 Å². The first-order valence-corrected chi connectivity index (χ1v) is 10.3. The molecule has 1 saturated heterocycles. The molecule has 2 aromatic heterocycles. The van der Waals surface area contributed by atoms with Crippen molar-refractivity contribution in [1.29, 1.82) is 0 Å². The number of fused-ring (bicyclic) bond motifs is 1. The number of aromatic amines is 1. The molecule has 6 heteroatoms. The Balaban J connectivity index is 1.17. The molecular weight excluding hydrogens is 376 g/mol. The average molecular weight is 400 g/mol. The zero-order valence-corrected chi connectivity index (χ0v) is 16.7. The van der Waals surface area contributed by atoms with Gasteiger partial charge in [-0.2, -0.15) is 0 Å². The maximum Gasteiger partial charge on any atom is 0.227 e. The number of hydrogen-bond donors (Lipinski definition) is 2. The van der Waals surface area contributed by atoms with E-state index in [0.717, 1.165) is 60.6 Å². The van der Waals surface area contributed by atoms with Crippen LogP contribution in [0.3, 0.4) is 0 Å². The van der Waals surface area contributed by atoms with Gasteiger partial charge in [0.2, 0.25) is 5.91 Å². The highest BCUT2D eigenvalue weighted by Gasteiger charge is 2.25. The number of nitrogens with zero attached hydrogens (tertiary/aromatic N) is 2. The lowest BCUT2D eigenvalue weighted by atomic mass is 9.95. The van der Waals surface area contributed by atoms with E-state index in [1.54, 1.807) is 12.5 Å². The number of aromatic nitrogens is 2. The van der Waals surface area contributed by atoms with Gasteiger partial charge in [0.15, 0.2) is 0 Å². The maximum atomic E-state index is 12.7. The van der Waals surface area contributed by atoms with Crippen LogP contribution in [0.4, 0.5) is 5.69 Å². The van der Waals surface area contributed by atoms with E-state index in [1.807, 2.05) is 54.6 Å². The van der Waals surface area contributed by atoms with Crippen molar-refractivity contribution in [3.8, 4) is 11.4 Å². The molecule has 0 aliphatic carbocycles. The Kier molecular flexibility index (Phi) is 5.07. The number of imidazole rings is 1. The summed E-state index contributed by atoms with van der Waals surface area (Å²) in [6.45, 7) is 2.73. The Bertz CT molecular complexity index is 1090. The third-order valence-corrected chi connectivity index (χ3v) is 5.76. The summed E-state index contributed by atoms with van der Waals surface area (Å²) in [6, 6.07) is 17.8. The molecule has 3 heterocycles. The lowest BCUT2D eigenvalue weighted by molar-refractivity contribution is -0.121. The monoisotopic (exact) mass is 400 g/mol. The normalized spacial score (nSPS) is 15.5. The van der Waals surface area contributed by atoms with Crippen LogP contribution < -0.4 is 5.32 Å². The van der Waals surface area contributed by atoms with Gasteiger partial charge >= 0.3 is 0 Å². The van der Waals surface area contributed by atoms with E-state index >= 15 is 0 Å². The number of hydrogen-bond acceptors (Lipinski definition) is 4. The Labute approximate surface area is 174 Å². The van der Waals surface area contributed by atoms with Crippen LogP contribution in [-0.4, -0.2) is 33.9 Å². The van der Waals surface area contributed by atoms with Gasteiger partial charge in [0.25, 0.3) is 0 Å². The van der Waals surface area contributed by atoms with Crippen molar-refractivity contribution >= 4 is 22.6 Å². The number of nitrogens with one attached hydrogen (secondary N) is 2. The molecule has 0 atom stereocenters. The van der Waals surface area contributed by atoms with Crippen LogP contribution in [0.15, 0.2) is 71.5 Å². The molecule has 1 aliphatic rings. The number of benzene rings is 2. The molecule has 1 fully saturated rings. The predicted molar refractivity (Wildman–Crippen MR) is 117 cm³/mol. The highest BCUT2D eigenvalue weighted by atomic mass is 16.3. The van der Waals surface area contributed by atoms with Gasteiger partial charge in [-0.1, -0.05) is 12.1 Å². The number of amides is 1. The number of furan rings is 1. The SMILES string of the molecule is O=C(Nc1ccc(-c2nc3ccccc3[nH]2)cc1)C1CCN(Cc2ccoc2)CC1. The summed E-state index contributed by atoms with van der Waals surface area (Å²) in [5, 5.41) is 3.07. The molecule has 0 radical (unpaired) electrons. The van der Waals surface area contributed by atoms with Crippen LogP contribution in [0.5, 0.6) is 0 Å². The van der Waals surface area contributed by atoms with E-state index in [2.05, 4.69) is 20.2 Å². The minimum absolute atomic E-state index is 0.0562. The fourth-order valence-electron chi connectivity index (χ4n) is 4.04. The fourth-order valence-corrected chi connectivity index (χ4v) is 4.04. The fraction of sp³-hybridized carbons (Fsp3) is 0.250. The number of likely N-dealkylation sites (tertiary alicyclic amines) is 1. The Hall–Kier alpha value is -3.38. The van der Waals surface area contributed by atoms with Crippen LogP contribution in [0.2, 0.25) is 0 Å². The van der Waals surface area contributed by atoms with Crippen LogP contribution in [-0.2, 0) is 11.3 Å². The minimum atomic E-state index is 0.0562. The van der Waals surface area contributed by atoms with Crippen LogP contribution >= 0.6 is 0 Å². The third-order valence-electron chi connectivity index (χ3n) is 5.76. The van der Waals surface area contributed by atoms with Crippen LogP contribution in [0.1, 0.15) is 18.4 Å². The van der Waals surface area contributed by atoms with E-state index in [4.69, 9.17) is 4.42 Å². The van der Waals surface area contributed by atoms with Crippen LogP contribution in [0, 0.1) is 5.92 Å². The molecule has 0 unspecified atom stereocenters. The summed E-state index contributed by atoms with van der Waals surface area (Å²) in [5.41, 5.74) is 4.97. The number of rotatable bonds is 5. The second kappa shape index (κ2) is 8.16. The summed E-state index contributed by atoms with van der Waals surface area (Å²) in [5.74, 6) is 0.995. The lowest BCUT2D eigenvalue weighted by Gasteiger charge is -2.30. The standard InChI is InChI=1S/C24H24N4O2/c29-24(19-9-12-28(13-10-19)15-17-11-14-30-16-17)25-20-7-5-18(6-8-20)23-26-21-3-1-2-4-22(21)27-23/h1-8,11,14,16,19H,9-10,12-13,15H2,(H,25,29)(H,26,27). The van der Waals surface area contributed by atoms with E-state index in [0.29, 0.717) is 0 Å². The van der Waals surface area contributed by atoms with E-state index < -0.39 is 0 Å². The van der Waals surface area contributed by atoms with Crippen molar-refractivity contribution in [1.82, 2.24) is 14.9 Å². The molecule has 6 nitrogen and oxygen atoms in total. The van der Waals surface area contributed by atoms with Gasteiger partial charge in [0.1, 0.15) is 5.82 Å². The van der Waals surface area contributed by atoms with Gasteiger partial charge < -0.3 is 14.7 Å². The minimum Gasteiger partial charge on any atom is -0.472 e. The smallest absolute Gasteiger partial charge is 0.227 e. The van der Waals surface area contributed by atoms with E-state index in [-0.39, 0.29) is 11.8 Å². The number of piperidine rings is 1. The van der Waals surface area contributed by atoms with Gasteiger partial charge in [-0.25, -0.2) is 4.98 Å². The van der Waals surface area contributed by atoms with Crippen molar-refractivity contribution in [2.24, 2.45) is 5.92 Å². The number of carbonyl (C=O) groups excluding carboxylic acids is 1. The summed E-state index contributed by atoms with van der Waals surface area (Å²) in [4.78, 5) is 23.0. The van der Waals surface area contributed by atoms with E-state index in [9.17, 15) is 4.79 Å². The van der Waals surface area contributed by atoms with Gasteiger partial charge in [-0.15, -0.1) is 0 Å². The highest BCUT2D eigenvalue weighted by molar-refractivity contribution is 5.93. The average Bonchev–Trinajstić information content (AvgIpc) is 3.44. The Morgan fingerprint density at radius 2 is 1.90 bits per heavy atom. The van der Waals surface area contributed by atoms with Crippen molar-refractivity contribution in [2.75, 3.05) is 18.4 Å². The zero-order chi connectivity index (χ0) is 20.3. The van der Waals surface area contributed by atoms with Crippen molar-refractivity contribution in [3.63, 3.8) is 0 Å². The molecule has 5 rings (SSSR count). The van der Waals surface area contributed by atoms with Crippen LogP contribution in [0.25, 0.3) is 22.4 Å². The van der Waals surface area contributed by atoms with E-state index in [1.165, 1.54) is 5.56 Å². The number of carbonyl (C=O) groups is 1. The Morgan fingerprint density at radius 1 is 1.10 bits per heavy atom. The molecule has 0 bridgehead atoms. The molecule has 152 valence electrons. The first-order chi connectivity index (χ1) is 14.7. The molecule has 30 heavy (non-hydrogen) atoms. The first-order valence-electron chi connectivity index (χ1n) is 10.3. The van der Waals surface area contributed by atoms with Crippen molar-refractivity contribution in [3.05, 3.63) is 72.7 Å². The maximum absolute atomic E-state index is 12.7. The molecule has 2 N–H and O–H groups in total. The second-order valence-corrected chi connectivity index (χ2v) is 7.85. The predicted octanol–water partition coefficient (Wildman–Crippen LogP) is 4.67. The molecule has 0 saturated carbocycles. The highest BCUT2D eigenvalue weighted by Crippen LogP contribution is 2.24. The third kappa shape index (κ3) is 4.00. The van der Waals surface area contributed by atoms with Crippen molar-refractivity contribution in [2.45, 2.75) is 19.4 Å². The molecule has 2 aromatic carbocycles. The molecule has 1 amide bonds. The van der Waals surface area contributed by atoms with Gasteiger partial charge in [-0.05, 0) is 68.4 Å². The quantitative estimate of drug-likeness (QED) is 0.510. The summed E-state index contributed by atoms with van der Waals surface area (Å²) < 4.78 is 5.14. The second-order valence-electron chi connectivity index (χ2n) is 7.85. The molecular formula is C24H24N4O2. The molecule has 0 spiro atoms. The van der Waals surface area contributed by atoms with Gasteiger partial charge in [0, 0.05) is 29.3 Å². The van der Waals surface area contributed by atoms with Gasteiger partial charge in [-0.3, -0.25) is 9.69 Å². The molecule has 4 aromatic rings. The Morgan fingerprint density at radius 3 is 2.63 bits per heavy atom. The first kappa shape index (κ1) is 18.6. The largest absolute Gasteiger partial charge is 0.472 e.